The summed E-state index contributed by atoms with van der Waals surface area (Å²) < 4.78 is 0. The van der Waals surface area contributed by atoms with E-state index in [0.29, 0.717) is 5.33 Å². The standard InChI is InChI=1S/C21H26BrNO.BrH/c1-23(2)16-10-9-15-21(20(24)17-22,18-11-5-3-6-12-18)19-13-7-4-8-14-19;/h3-8,11-14H,9-10,15-17H2,1-2H3;1H. The van der Waals surface area contributed by atoms with Crippen LogP contribution in [0.4, 0.5) is 0 Å². The molecule has 4 heteroatoms. The summed E-state index contributed by atoms with van der Waals surface area (Å²) in [5.41, 5.74) is 1.61. The second-order valence-electron chi connectivity index (χ2n) is 6.45. The number of Topliss-reactive ketones (excluding diaryl/α,β-unsaturated/α-hetero) is 1. The number of alkyl halides is 1. The Kier molecular flexibility index (Phi) is 9.62. The van der Waals surface area contributed by atoms with Gasteiger partial charge in [0, 0.05) is 0 Å². The highest BCUT2D eigenvalue weighted by atomic mass is 79.9. The SMILES string of the molecule is Br.CN(C)CCCCC(C(=O)CBr)(c1ccccc1)c1ccccc1. The maximum Gasteiger partial charge on any atom is 0.158 e. The van der Waals surface area contributed by atoms with Crippen molar-refractivity contribution in [2.75, 3.05) is 26.0 Å². The summed E-state index contributed by atoms with van der Waals surface area (Å²) in [6.45, 7) is 1.04. The molecule has 0 heterocycles. The quantitative estimate of drug-likeness (QED) is 0.370. The highest BCUT2D eigenvalue weighted by Gasteiger charge is 2.40. The van der Waals surface area contributed by atoms with Gasteiger partial charge in [-0.15, -0.1) is 17.0 Å². The van der Waals surface area contributed by atoms with Crippen LogP contribution in [0.2, 0.25) is 0 Å². The average Bonchev–Trinajstić information content (AvgIpc) is 2.63. The van der Waals surface area contributed by atoms with E-state index in [-0.39, 0.29) is 22.8 Å². The van der Waals surface area contributed by atoms with Gasteiger partial charge in [-0.25, -0.2) is 0 Å². The van der Waals surface area contributed by atoms with E-state index < -0.39 is 5.41 Å². The number of nitrogens with zero attached hydrogens (tertiary/aromatic N) is 1. The Morgan fingerprint density at radius 1 is 0.920 bits per heavy atom. The van der Waals surface area contributed by atoms with Crippen molar-refractivity contribution in [2.45, 2.75) is 24.7 Å². The van der Waals surface area contributed by atoms with Gasteiger partial charge in [0.15, 0.2) is 5.78 Å². The molecule has 2 rings (SSSR count). The number of hydrogen-bond donors (Lipinski definition) is 0. The largest absolute Gasteiger partial charge is 0.309 e. The molecule has 0 atom stereocenters. The van der Waals surface area contributed by atoms with Gasteiger partial charge >= 0.3 is 0 Å². The molecule has 25 heavy (non-hydrogen) atoms. The molecular formula is C21H27Br2NO. The van der Waals surface area contributed by atoms with Crippen molar-refractivity contribution in [3.8, 4) is 0 Å². The van der Waals surface area contributed by atoms with E-state index in [1.165, 1.54) is 0 Å². The van der Waals surface area contributed by atoms with E-state index in [1.807, 2.05) is 36.4 Å². The second kappa shape index (κ2) is 10.9. The minimum atomic E-state index is -0.571. The van der Waals surface area contributed by atoms with Crippen LogP contribution >= 0.6 is 32.9 Å². The zero-order chi connectivity index (χ0) is 17.4. The highest BCUT2D eigenvalue weighted by molar-refractivity contribution is 9.09. The molecule has 0 aliphatic carbocycles. The van der Waals surface area contributed by atoms with Crippen molar-refractivity contribution in [1.82, 2.24) is 4.90 Å². The molecule has 0 spiro atoms. The molecule has 2 aromatic carbocycles. The maximum absolute atomic E-state index is 13.1. The molecule has 0 aliphatic rings. The zero-order valence-electron chi connectivity index (χ0n) is 15.0. The van der Waals surface area contributed by atoms with Crippen LogP contribution in [0.5, 0.6) is 0 Å². The third-order valence-electron chi connectivity index (χ3n) is 4.54. The summed E-state index contributed by atoms with van der Waals surface area (Å²) >= 11 is 3.42. The first-order chi connectivity index (χ1) is 11.6. The third-order valence-corrected chi connectivity index (χ3v) is 5.05. The Balaban J connectivity index is 0.00000312. The Hall–Kier alpha value is -0.970. The average molecular weight is 469 g/mol. The summed E-state index contributed by atoms with van der Waals surface area (Å²) in [7, 11) is 4.18. The summed E-state index contributed by atoms with van der Waals surface area (Å²) in [4.78, 5) is 15.3. The molecule has 0 unspecified atom stereocenters. The van der Waals surface area contributed by atoms with Crippen molar-refractivity contribution in [3.63, 3.8) is 0 Å². The van der Waals surface area contributed by atoms with E-state index >= 15 is 0 Å². The van der Waals surface area contributed by atoms with Gasteiger partial charge in [0.05, 0.1) is 10.7 Å². The Bertz CT molecular complexity index is 589. The Labute approximate surface area is 170 Å². The number of rotatable bonds is 9. The molecule has 2 nitrogen and oxygen atoms in total. The lowest BCUT2D eigenvalue weighted by Gasteiger charge is -2.33. The second-order valence-corrected chi connectivity index (χ2v) is 7.02. The molecule has 0 fully saturated rings. The van der Waals surface area contributed by atoms with Gasteiger partial charge in [-0.05, 0) is 44.6 Å². The normalized spacial score (nSPS) is 11.2. The number of halogens is 2. The molecule has 0 aliphatic heterocycles. The topological polar surface area (TPSA) is 20.3 Å². The first-order valence-corrected chi connectivity index (χ1v) is 9.58. The van der Waals surface area contributed by atoms with Crippen molar-refractivity contribution in [3.05, 3.63) is 71.8 Å². The summed E-state index contributed by atoms with van der Waals surface area (Å²) in [5.74, 6) is 0.227. The molecule has 0 radical (unpaired) electrons. The van der Waals surface area contributed by atoms with Crippen LogP contribution in [-0.2, 0) is 10.2 Å². The van der Waals surface area contributed by atoms with Crippen molar-refractivity contribution >= 4 is 38.7 Å². The van der Waals surface area contributed by atoms with Crippen molar-refractivity contribution in [2.24, 2.45) is 0 Å². The van der Waals surface area contributed by atoms with Gasteiger partial charge in [0.1, 0.15) is 0 Å². The predicted octanol–water partition coefficient (Wildman–Crippen LogP) is 5.25. The van der Waals surface area contributed by atoms with E-state index in [2.05, 4.69) is 59.2 Å². The van der Waals surface area contributed by atoms with Gasteiger partial charge in [-0.1, -0.05) is 83.0 Å². The number of benzene rings is 2. The van der Waals surface area contributed by atoms with E-state index in [1.54, 1.807) is 0 Å². The molecule has 0 bridgehead atoms. The first-order valence-electron chi connectivity index (χ1n) is 8.46. The van der Waals surface area contributed by atoms with Gasteiger partial charge in [0.25, 0.3) is 0 Å². The number of ketones is 1. The molecule has 136 valence electrons. The molecule has 0 saturated carbocycles. The Morgan fingerprint density at radius 3 is 1.80 bits per heavy atom. The van der Waals surface area contributed by atoms with E-state index in [9.17, 15) is 4.79 Å². The van der Waals surface area contributed by atoms with Crippen LogP contribution in [0.15, 0.2) is 60.7 Å². The van der Waals surface area contributed by atoms with Crippen LogP contribution in [0.1, 0.15) is 30.4 Å². The molecule has 2 aromatic rings. The lowest BCUT2D eigenvalue weighted by molar-refractivity contribution is -0.120. The molecule has 0 amide bonds. The minimum Gasteiger partial charge on any atom is -0.309 e. The summed E-state index contributed by atoms with van der Waals surface area (Å²) in [6.07, 6.45) is 2.93. The lowest BCUT2D eigenvalue weighted by Crippen LogP contribution is -2.38. The van der Waals surface area contributed by atoms with Crippen LogP contribution in [0.25, 0.3) is 0 Å². The fourth-order valence-corrected chi connectivity index (χ4v) is 3.77. The van der Waals surface area contributed by atoms with Crippen molar-refractivity contribution < 1.29 is 4.79 Å². The Morgan fingerprint density at radius 2 is 1.40 bits per heavy atom. The predicted molar refractivity (Wildman–Crippen MR) is 115 cm³/mol. The van der Waals surface area contributed by atoms with Crippen molar-refractivity contribution in [1.29, 1.82) is 0 Å². The molecular weight excluding hydrogens is 442 g/mol. The third kappa shape index (κ3) is 5.50. The monoisotopic (exact) mass is 467 g/mol. The van der Waals surface area contributed by atoms with Gasteiger partial charge < -0.3 is 4.90 Å². The van der Waals surface area contributed by atoms with Gasteiger partial charge in [-0.3, -0.25) is 4.79 Å². The van der Waals surface area contributed by atoms with Gasteiger partial charge in [-0.2, -0.15) is 0 Å². The number of unbranched alkanes of at least 4 members (excludes halogenated alkanes) is 1. The molecule has 0 N–H and O–H groups in total. The first kappa shape index (κ1) is 22.1. The maximum atomic E-state index is 13.1. The summed E-state index contributed by atoms with van der Waals surface area (Å²) in [6, 6.07) is 20.4. The minimum absolute atomic E-state index is 0. The molecule has 0 aromatic heterocycles. The number of carbonyl (C=O) groups excluding carboxylic acids is 1. The fraction of sp³-hybridized carbons (Fsp3) is 0.381. The highest BCUT2D eigenvalue weighted by Crippen LogP contribution is 2.38. The fourth-order valence-electron chi connectivity index (χ4n) is 3.29. The van der Waals surface area contributed by atoms with E-state index in [0.717, 1.165) is 36.9 Å². The number of carbonyl (C=O) groups is 1. The van der Waals surface area contributed by atoms with Crippen LogP contribution in [-0.4, -0.2) is 36.7 Å². The lowest BCUT2D eigenvalue weighted by atomic mass is 9.68. The van der Waals surface area contributed by atoms with Gasteiger partial charge in [0.2, 0.25) is 0 Å². The smallest absolute Gasteiger partial charge is 0.158 e. The molecule has 0 saturated heterocycles. The zero-order valence-corrected chi connectivity index (χ0v) is 18.2. The van der Waals surface area contributed by atoms with Crippen LogP contribution < -0.4 is 0 Å². The number of hydrogen-bond acceptors (Lipinski definition) is 2. The van der Waals surface area contributed by atoms with E-state index in [4.69, 9.17) is 0 Å². The van der Waals surface area contributed by atoms with Crippen LogP contribution in [0.3, 0.4) is 0 Å². The van der Waals surface area contributed by atoms with Crippen LogP contribution in [0, 0.1) is 0 Å². The summed E-state index contributed by atoms with van der Waals surface area (Å²) in [5, 5.41) is 0.366.